The van der Waals surface area contributed by atoms with Crippen LogP contribution >= 0.6 is 24.0 Å². The third-order valence-electron chi connectivity index (χ3n) is 3.81. The van der Waals surface area contributed by atoms with Gasteiger partial charge in [-0.25, -0.2) is 0 Å². The molecule has 0 radical (unpaired) electrons. The van der Waals surface area contributed by atoms with Gasteiger partial charge >= 0.3 is 0 Å². The second-order valence-electron chi connectivity index (χ2n) is 5.17. The van der Waals surface area contributed by atoms with Gasteiger partial charge in [-0.1, -0.05) is 18.0 Å². The van der Waals surface area contributed by atoms with Crippen LogP contribution in [-0.4, -0.2) is 30.1 Å². The predicted molar refractivity (Wildman–Crippen MR) is 83.7 cm³/mol. The second kappa shape index (κ2) is 7.98. The predicted octanol–water partition coefficient (Wildman–Crippen LogP) is 4.40. The number of nitrogens with zero attached hydrogens (tertiary/aromatic N) is 1. The van der Waals surface area contributed by atoms with Gasteiger partial charge in [0.15, 0.2) is 0 Å². The van der Waals surface area contributed by atoms with Gasteiger partial charge in [0.2, 0.25) is 0 Å². The molecule has 1 aromatic rings. The molecule has 0 saturated carbocycles. The molecule has 0 aliphatic carbocycles. The largest absolute Gasteiger partial charge is 0.492 e. The number of piperidine rings is 1. The van der Waals surface area contributed by atoms with Crippen molar-refractivity contribution >= 4 is 24.0 Å². The maximum absolute atomic E-state index is 5.84. The first-order valence-corrected chi connectivity index (χ1v) is 7.18. The van der Waals surface area contributed by atoms with Crippen molar-refractivity contribution in [1.82, 2.24) is 4.90 Å². The lowest BCUT2D eigenvalue weighted by molar-refractivity contribution is 0.0851. The first-order chi connectivity index (χ1) is 8.66. The number of hydrogen-bond acceptors (Lipinski definition) is 2. The van der Waals surface area contributed by atoms with E-state index in [2.05, 4.69) is 18.7 Å². The van der Waals surface area contributed by atoms with Crippen LogP contribution in [0.3, 0.4) is 0 Å². The van der Waals surface area contributed by atoms with Crippen LogP contribution in [0.15, 0.2) is 24.3 Å². The average Bonchev–Trinajstić information content (AvgIpc) is 2.35. The number of ether oxygens (including phenoxy) is 1. The fraction of sp³-hybridized carbons (Fsp3) is 0.600. The summed E-state index contributed by atoms with van der Waals surface area (Å²) < 4.78 is 5.76. The van der Waals surface area contributed by atoms with Crippen molar-refractivity contribution in [2.75, 3.05) is 13.2 Å². The summed E-state index contributed by atoms with van der Waals surface area (Å²) in [6.07, 6.45) is 3.98. The Hall–Kier alpha value is -0.440. The molecule has 4 heteroatoms. The Morgan fingerprint density at radius 2 is 1.74 bits per heavy atom. The smallest absolute Gasteiger partial charge is 0.119 e. The molecule has 0 spiro atoms. The van der Waals surface area contributed by atoms with Crippen LogP contribution in [0.4, 0.5) is 0 Å². The van der Waals surface area contributed by atoms with Crippen LogP contribution < -0.4 is 4.74 Å². The molecule has 19 heavy (non-hydrogen) atoms. The van der Waals surface area contributed by atoms with Gasteiger partial charge in [-0.2, -0.15) is 0 Å². The van der Waals surface area contributed by atoms with E-state index < -0.39 is 0 Å². The first-order valence-electron chi connectivity index (χ1n) is 6.81. The Balaban J connectivity index is 0.00000180. The minimum absolute atomic E-state index is 0. The van der Waals surface area contributed by atoms with Gasteiger partial charge < -0.3 is 4.74 Å². The minimum atomic E-state index is 0. The van der Waals surface area contributed by atoms with Crippen LogP contribution in [0.1, 0.15) is 33.1 Å². The first kappa shape index (κ1) is 16.6. The Morgan fingerprint density at radius 3 is 2.32 bits per heavy atom. The molecule has 2 nitrogen and oxygen atoms in total. The molecule has 1 saturated heterocycles. The normalized spacial score (nSPS) is 23.7. The van der Waals surface area contributed by atoms with Crippen LogP contribution in [0.25, 0.3) is 0 Å². The van der Waals surface area contributed by atoms with E-state index in [1.54, 1.807) is 0 Å². The number of rotatable bonds is 4. The highest BCUT2D eigenvalue weighted by Crippen LogP contribution is 2.22. The lowest BCUT2D eigenvalue weighted by Gasteiger charge is -2.38. The molecule has 0 amide bonds. The third-order valence-corrected chi connectivity index (χ3v) is 4.06. The maximum atomic E-state index is 5.84. The second-order valence-corrected chi connectivity index (χ2v) is 5.61. The van der Waals surface area contributed by atoms with Crippen molar-refractivity contribution in [2.45, 2.75) is 45.2 Å². The van der Waals surface area contributed by atoms with Crippen LogP contribution in [0.2, 0.25) is 5.02 Å². The zero-order valence-electron chi connectivity index (χ0n) is 11.6. The average molecular weight is 304 g/mol. The number of halogens is 2. The van der Waals surface area contributed by atoms with Gasteiger partial charge in [0, 0.05) is 23.7 Å². The van der Waals surface area contributed by atoms with Crippen LogP contribution in [0, 0.1) is 0 Å². The summed E-state index contributed by atoms with van der Waals surface area (Å²) in [4.78, 5) is 2.55. The van der Waals surface area contributed by atoms with E-state index in [4.69, 9.17) is 16.3 Å². The van der Waals surface area contributed by atoms with E-state index >= 15 is 0 Å². The van der Waals surface area contributed by atoms with E-state index in [0.29, 0.717) is 12.1 Å². The zero-order valence-corrected chi connectivity index (χ0v) is 13.2. The topological polar surface area (TPSA) is 12.5 Å². The summed E-state index contributed by atoms with van der Waals surface area (Å²) in [6, 6.07) is 8.94. The summed E-state index contributed by atoms with van der Waals surface area (Å²) in [5.41, 5.74) is 0. The molecule has 1 aliphatic rings. The summed E-state index contributed by atoms with van der Waals surface area (Å²) in [5.74, 6) is 0.900. The highest BCUT2D eigenvalue weighted by atomic mass is 35.5. The van der Waals surface area contributed by atoms with Crippen molar-refractivity contribution in [1.29, 1.82) is 0 Å². The molecule has 2 rings (SSSR count). The highest BCUT2D eigenvalue weighted by Gasteiger charge is 2.23. The molecule has 1 aliphatic heterocycles. The Kier molecular flexibility index (Phi) is 6.98. The molecule has 0 bridgehead atoms. The standard InChI is InChI=1S/C15H22ClNO.ClH/c1-12-4-3-5-13(2)17(12)10-11-18-15-8-6-14(16)7-9-15;/h6-9,12-13H,3-5,10-11H2,1-2H3;1H/t12-,13+;. The lowest BCUT2D eigenvalue weighted by Crippen LogP contribution is -2.45. The fourth-order valence-electron chi connectivity index (χ4n) is 2.72. The monoisotopic (exact) mass is 303 g/mol. The molecule has 1 fully saturated rings. The van der Waals surface area contributed by atoms with Gasteiger partial charge in [0.05, 0.1) is 0 Å². The fourth-order valence-corrected chi connectivity index (χ4v) is 2.84. The summed E-state index contributed by atoms with van der Waals surface area (Å²) in [7, 11) is 0. The molecule has 2 atom stereocenters. The van der Waals surface area contributed by atoms with Gasteiger partial charge in [0.1, 0.15) is 12.4 Å². The van der Waals surface area contributed by atoms with Crippen molar-refractivity contribution in [2.24, 2.45) is 0 Å². The van der Waals surface area contributed by atoms with E-state index in [0.717, 1.165) is 23.9 Å². The van der Waals surface area contributed by atoms with Crippen molar-refractivity contribution < 1.29 is 4.74 Å². The zero-order chi connectivity index (χ0) is 13.0. The van der Waals surface area contributed by atoms with E-state index in [-0.39, 0.29) is 12.4 Å². The molecule has 1 aromatic carbocycles. The Bertz CT molecular complexity index is 359. The van der Waals surface area contributed by atoms with Gasteiger partial charge in [0.25, 0.3) is 0 Å². The number of likely N-dealkylation sites (tertiary alicyclic amines) is 1. The van der Waals surface area contributed by atoms with Gasteiger partial charge in [-0.15, -0.1) is 12.4 Å². The number of hydrogen-bond donors (Lipinski definition) is 0. The Labute approximate surface area is 127 Å². The quantitative estimate of drug-likeness (QED) is 0.817. The van der Waals surface area contributed by atoms with E-state index in [1.807, 2.05) is 24.3 Å². The van der Waals surface area contributed by atoms with Crippen LogP contribution in [-0.2, 0) is 0 Å². The molecular weight excluding hydrogens is 281 g/mol. The summed E-state index contributed by atoms with van der Waals surface area (Å²) in [6.45, 7) is 6.39. The molecule has 0 unspecified atom stereocenters. The molecule has 0 N–H and O–H groups in total. The van der Waals surface area contributed by atoms with Crippen LogP contribution in [0.5, 0.6) is 5.75 Å². The van der Waals surface area contributed by atoms with Crippen molar-refractivity contribution in [3.63, 3.8) is 0 Å². The molecule has 0 aromatic heterocycles. The highest BCUT2D eigenvalue weighted by molar-refractivity contribution is 6.30. The lowest BCUT2D eigenvalue weighted by atomic mass is 9.98. The van der Waals surface area contributed by atoms with Crippen molar-refractivity contribution in [3.8, 4) is 5.75 Å². The maximum Gasteiger partial charge on any atom is 0.119 e. The van der Waals surface area contributed by atoms with Gasteiger partial charge in [-0.05, 0) is 51.0 Å². The molecular formula is C15H23Cl2NO. The molecule has 1 heterocycles. The summed E-state index contributed by atoms with van der Waals surface area (Å²) in [5, 5.41) is 0.751. The van der Waals surface area contributed by atoms with Crippen molar-refractivity contribution in [3.05, 3.63) is 29.3 Å². The van der Waals surface area contributed by atoms with Gasteiger partial charge in [-0.3, -0.25) is 4.90 Å². The Morgan fingerprint density at radius 1 is 1.16 bits per heavy atom. The third kappa shape index (κ3) is 4.87. The molecule has 108 valence electrons. The summed E-state index contributed by atoms with van der Waals surface area (Å²) >= 11 is 5.84. The minimum Gasteiger partial charge on any atom is -0.492 e. The number of benzene rings is 1. The SMILES string of the molecule is C[C@@H]1CCC[C@H](C)N1CCOc1ccc(Cl)cc1.Cl. The van der Waals surface area contributed by atoms with E-state index in [1.165, 1.54) is 19.3 Å². The van der Waals surface area contributed by atoms with E-state index in [9.17, 15) is 0 Å².